The van der Waals surface area contributed by atoms with Gasteiger partial charge < -0.3 is 9.47 Å². The van der Waals surface area contributed by atoms with Crippen molar-refractivity contribution in [2.75, 3.05) is 39.5 Å². The van der Waals surface area contributed by atoms with Crippen LogP contribution in [0.25, 0.3) is 0 Å². The molecule has 15 heavy (non-hydrogen) atoms. The minimum atomic E-state index is 0.424. The lowest BCUT2D eigenvalue weighted by molar-refractivity contribution is -0.0119. The molecule has 1 aliphatic rings. The van der Waals surface area contributed by atoms with Crippen LogP contribution < -0.4 is 0 Å². The maximum Gasteiger partial charge on any atom is 0.0701 e. The summed E-state index contributed by atoms with van der Waals surface area (Å²) in [6, 6.07) is 0. The summed E-state index contributed by atoms with van der Waals surface area (Å²) in [5, 5.41) is 0. The molecule has 0 amide bonds. The zero-order valence-corrected chi connectivity index (χ0v) is 10.2. The van der Waals surface area contributed by atoms with E-state index in [2.05, 4.69) is 18.7 Å². The first-order chi connectivity index (χ1) is 7.36. The van der Waals surface area contributed by atoms with Crippen LogP contribution in [0.4, 0.5) is 0 Å². The van der Waals surface area contributed by atoms with Crippen LogP contribution in [-0.4, -0.2) is 50.5 Å². The van der Waals surface area contributed by atoms with Gasteiger partial charge in [0.15, 0.2) is 0 Å². The first kappa shape index (κ1) is 12.9. The highest BCUT2D eigenvalue weighted by atomic mass is 16.5. The molecule has 0 aromatic rings. The summed E-state index contributed by atoms with van der Waals surface area (Å²) in [4.78, 5) is 2.46. The Balaban J connectivity index is 2.21. The number of nitrogens with zero attached hydrogens (tertiary/aromatic N) is 1. The fourth-order valence-corrected chi connectivity index (χ4v) is 1.97. The van der Waals surface area contributed by atoms with Gasteiger partial charge in [0.05, 0.1) is 19.3 Å². The van der Waals surface area contributed by atoms with E-state index in [0.29, 0.717) is 6.10 Å². The Hall–Kier alpha value is -0.120. The highest BCUT2D eigenvalue weighted by molar-refractivity contribution is 4.68. The standard InChI is InChI=1S/C12H25NO2/c1-3-5-6-12(15-4-2)11-13-7-9-14-10-8-13/h12H,3-11H2,1-2H3/t12-/m0/s1. The lowest BCUT2D eigenvalue weighted by Crippen LogP contribution is -2.41. The maximum atomic E-state index is 5.76. The molecule has 0 aliphatic carbocycles. The zero-order chi connectivity index (χ0) is 10.9. The van der Waals surface area contributed by atoms with E-state index in [4.69, 9.17) is 9.47 Å². The second-order valence-electron chi connectivity index (χ2n) is 4.13. The lowest BCUT2D eigenvalue weighted by atomic mass is 10.1. The normalized spacial score (nSPS) is 20.4. The number of hydrogen-bond donors (Lipinski definition) is 0. The van der Waals surface area contributed by atoms with Crippen LogP contribution in [0, 0.1) is 0 Å². The fraction of sp³-hybridized carbons (Fsp3) is 1.00. The molecule has 1 atom stereocenters. The molecule has 0 saturated carbocycles. The van der Waals surface area contributed by atoms with Crippen molar-refractivity contribution in [1.82, 2.24) is 4.90 Å². The van der Waals surface area contributed by atoms with Crippen LogP contribution in [-0.2, 0) is 9.47 Å². The molecule has 0 bridgehead atoms. The van der Waals surface area contributed by atoms with Gasteiger partial charge in [0.25, 0.3) is 0 Å². The predicted molar refractivity (Wildman–Crippen MR) is 62.2 cm³/mol. The van der Waals surface area contributed by atoms with Crippen LogP contribution in [0.3, 0.4) is 0 Å². The average molecular weight is 215 g/mol. The van der Waals surface area contributed by atoms with Crippen molar-refractivity contribution in [2.45, 2.75) is 39.2 Å². The van der Waals surface area contributed by atoms with Crippen molar-refractivity contribution >= 4 is 0 Å². The Labute approximate surface area is 93.7 Å². The van der Waals surface area contributed by atoms with Gasteiger partial charge in [0, 0.05) is 26.2 Å². The minimum Gasteiger partial charge on any atom is -0.379 e. The summed E-state index contributed by atoms with van der Waals surface area (Å²) in [6.45, 7) is 10.1. The third-order valence-corrected chi connectivity index (χ3v) is 2.85. The summed E-state index contributed by atoms with van der Waals surface area (Å²) in [5.74, 6) is 0. The van der Waals surface area contributed by atoms with E-state index >= 15 is 0 Å². The van der Waals surface area contributed by atoms with Crippen molar-refractivity contribution in [1.29, 1.82) is 0 Å². The van der Waals surface area contributed by atoms with Crippen molar-refractivity contribution in [2.24, 2.45) is 0 Å². The van der Waals surface area contributed by atoms with E-state index < -0.39 is 0 Å². The number of hydrogen-bond acceptors (Lipinski definition) is 3. The van der Waals surface area contributed by atoms with Gasteiger partial charge >= 0.3 is 0 Å². The first-order valence-electron chi connectivity index (χ1n) is 6.28. The summed E-state index contributed by atoms with van der Waals surface area (Å²) in [5.41, 5.74) is 0. The molecule has 3 nitrogen and oxygen atoms in total. The van der Waals surface area contributed by atoms with Crippen LogP contribution in [0.1, 0.15) is 33.1 Å². The molecule has 0 spiro atoms. The Morgan fingerprint density at radius 1 is 1.27 bits per heavy atom. The van der Waals surface area contributed by atoms with E-state index in [9.17, 15) is 0 Å². The molecule has 1 fully saturated rings. The van der Waals surface area contributed by atoms with Gasteiger partial charge in [-0.05, 0) is 13.3 Å². The van der Waals surface area contributed by atoms with Gasteiger partial charge in [-0.1, -0.05) is 19.8 Å². The minimum absolute atomic E-state index is 0.424. The largest absolute Gasteiger partial charge is 0.379 e. The van der Waals surface area contributed by atoms with Crippen molar-refractivity contribution in [3.8, 4) is 0 Å². The van der Waals surface area contributed by atoms with Gasteiger partial charge in [0.1, 0.15) is 0 Å². The molecule has 0 unspecified atom stereocenters. The van der Waals surface area contributed by atoms with Crippen LogP contribution in [0.2, 0.25) is 0 Å². The highest BCUT2D eigenvalue weighted by Crippen LogP contribution is 2.08. The molecular weight excluding hydrogens is 190 g/mol. The zero-order valence-electron chi connectivity index (χ0n) is 10.2. The third kappa shape index (κ3) is 5.50. The molecule has 1 saturated heterocycles. The second kappa shape index (κ2) is 8.08. The molecule has 0 aromatic carbocycles. The number of morpholine rings is 1. The van der Waals surface area contributed by atoms with Crippen LogP contribution in [0.5, 0.6) is 0 Å². The molecule has 0 radical (unpaired) electrons. The molecule has 1 aliphatic heterocycles. The number of ether oxygens (including phenoxy) is 2. The Bertz CT molecular complexity index is 147. The summed E-state index contributed by atoms with van der Waals surface area (Å²) >= 11 is 0. The van der Waals surface area contributed by atoms with E-state index in [1.165, 1.54) is 19.3 Å². The molecule has 90 valence electrons. The number of rotatable bonds is 7. The molecule has 0 N–H and O–H groups in total. The monoisotopic (exact) mass is 215 g/mol. The SMILES string of the molecule is CCCC[C@@H](CN1CCOCC1)OCC. The fourth-order valence-electron chi connectivity index (χ4n) is 1.97. The topological polar surface area (TPSA) is 21.7 Å². The Morgan fingerprint density at radius 2 is 2.00 bits per heavy atom. The molecule has 1 rings (SSSR count). The number of unbranched alkanes of at least 4 members (excludes halogenated alkanes) is 1. The van der Waals surface area contributed by atoms with Crippen LogP contribution in [0.15, 0.2) is 0 Å². The predicted octanol–water partition coefficient (Wildman–Crippen LogP) is 1.91. The van der Waals surface area contributed by atoms with E-state index in [-0.39, 0.29) is 0 Å². The van der Waals surface area contributed by atoms with E-state index in [1.807, 2.05) is 0 Å². The van der Waals surface area contributed by atoms with Gasteiger partial charge in [0.2, 0.25) is 0 Å². The summed E-state index contributed by atoms with van der Waals surface area (Å²) < 4.78 is 11.1. The summed E-state index contributed by atoms with van der Waals surface area (Å²) in [6.07, 6.45) is 4.15. The quantitative estimate of drug-likeness (QED) is 0.647. The molecular formula is C12H25NO2. The molecule has 1 heterocycles. The van der Waals surface area contributed by atoms with Gasteiger partial charge in [-0.3, -0.25) is 4.90 Å². The molecule has 3 heteroatoms. The Kier molecular flexibility index (Phi) is 6.98. The van der Waals surface area contributed by atoms with E-state index in [0.717, 1.165) is 39.5 Å². The van der Waals surface area contributed by atoms with Crippen LogP contribution >= 0.6 is 0 Å². The lowest BCUT2D eigenvalue weighted by Gasteiger charge is -2.30. The van der Waals surface area contributed by atoms with Gasteiger partial charge in [-0.25, -0.2) is 0 Å². The maximum absolute atomic E-state index is 5.76. The van der Waals surface area contributed by atoms with Crippen molar-refractivity contribution < 1.29 is 9.47 Å². The summed E-state index contributed by atoms with van der Waals surface area (Å²) in [7, 11) is 0. The second-order valence-corrected chi connectivity index (χ2v) is 4.13. The smallest absolute Gasteiger partial charge is 0.0701 e. The highest BCUT2D eigenvalue weighted by Gasteiger charge is 2.16. The van der Waals surface area contributed by atoms with E-state index in [1.54, 1.807) is 0 Å². The third-order valence-electron chi connectivity index (χ3n) is 2.85. The van der Waals surface area contributed by atoms with Gasteiger partial charge in [-0.15, -0.1) is 0 Å². The van der Waals surface area contributed by atoms with Crippen molar-refractivity contribution in [3.63, 3.8) is 0 Å². The first-order valence-corrected chi connectivity index (χ1v) is 6.28. The van der Waals surface area contributed by atoms with Crippen molar-refractivity contribution in [3.05, 3.63) is 0 Å². The average Bonchev–Trinajstić information content (AvgIpc) is 2.28. The molecule has 0 aromatic heterocycles. The Morgan fingerprint density at radius 3 is 2.60 bits per heavy atom. The van der Waals surface area contributed by atoms with Gasteiger partial charge in [-0.2, -0.15) is 0 Å².